The van der Waals surface area contributed by atoms with Gasteiger partial charge in [-0.15, -0.1) is 0 Å². The average Bonchev–Trinajstić information content (AvgIpc) is 2.16. The van der Waals surface area contributed by atoms with E-state index in [0.29, 0.717) is 18.8 Å². The molecule has 0 bridgehead atoms. The van der Waals surface area contributed by atoms with Gasteiger partial charge in [-0.3, -0.25) is 0 Å². The van der Waals surface area contributed by atoms with Crippen molar-refractivity contribution in [2.24, 2.45) is 5.73 Å². The van der Waals surface area contributed by atoms with Gasteiger partial charge in [-0.25, -0.2) is 0 Å². The van der Waals surface area contributed by atoms with E-state index in [1.165, 1.54) is 0 Å². The third-order valence-corrected chi connectivity index (χ3v) is 2.82. The minimum absolute atomic E-state index is 0.393. The number of nitrogens with two attached hydrogens (primary N) is 1. The monoisotopic (exact) mass is 203 g/mol. The van der Waals surface area contributed by atoms with E-state index in [1.54, 1.807) is 5.54 Å². The fourth-order valence-corrected chi connectivity index (χ4v) is 1.60. The summed E-state index contributed by atoms with van der Waals surface area (Å²) in [7, 11) is 0. The quantitative estimate of drug-likeness (QED) is 0.765. The fraction of sp³-hybridized carbons (Fsp3) is 0.800. The molecule has 0 aliphatic heterocycles. The zero-order chi connectivity index (χ0) is 9.68. The maximum Gasteiger partial charge on any atom is 0.0689 e. The molecule has 13 heavy (non-hydrogen) atoms. The van der Waals surface area contributed by atoms with Crippen LogP contribution in [0.4, 0.5) is 0 Å². The number of halogens is 1. The molecule has 3 heteroatoms. The molecule has 0 radical (unpaired) electrons. The van der Waals surface area contributed by atoms with Crippen molar-refractivity contribution in [2.45, 2.75) is 44.8 Å². The molecule has 0 spiro atoms. The SMILES string of the molecule is C/C(=C\Cl)COC1CCC(N)CC1. The third kappa shape index (κ3) is 4.12. The Hall–Kier alpha value is -0.0500. The lowest BCUT2D eigenvalue weighted by atomic mass is 9.94. The van der Waals surface area contributed by atoms with Crippen LogP contribution >= 0.6 is 11.6 Å². The lowest BCUT2D eigenvalue weighted by Crippen LogP contribution is -2.30. The third-order valence-electron chi connectivity index (χ3n) is 2.45. The number of hydrogen-bond acceptors (Lipinski definition) is 2. The van der Waals surface area contributed by atoms with Crippen molar-refractivity contribution in [3.05, 3.63) is 11.1 Å². The van der Waals surface area contributed by atoms with Crippen LogP contribution in [0.25, 0.3) is 0 Å². The number of rotatable bonds is 3. The summed E-state index contributed by atoms with van der Waals surface area (Å²) in [6, 6.07) is 0.393. The van der Waals surface area contributed by atoms with Crippen molar-refractivity contribution in [3.8, 4) is 0 Å². The second kappa shape index (κ2) is 5.63. The Bertz CT molecular complexity index is 174. The number of ether oxygens (including phenoxy) is 1. The van der Waals surface area contributed by atoms with Gasteiger partial charge in [0.25, 0.3) is 0 Å². The second-order valence-corrected chi connectivity index (χ2v) is 4.02. The predicted octanol–water partition coefficient (Wildman–Crippen LogP) is 2.42. The Morgan fingerprint density at radius 2 is 2.08 bits per heavy atom. The Labute approximate surface area is 85.1 Å². The smallest absolute Gasteiger partial charge is 0.0689 e. The molecule has 2 nitrogen and oxygen atoms in total. The van der Waals surface area contributed by atoms with Crippen molar-refractivity contribution in [2.75, 3.05) is 6.61 Å². The fourth-order valence-electron chi connectivity index (χ4n) is 1.54. The zero-order valence-corrected chi connectivity index (χ0v) is 8.89. The summed E-state index contributed by atoms with van der Waals surface area (Å²) in [6.07, 6.45) is 4.77. The van der Waals surface area contributed by atoms with Crippen LogP contribution in [-0.2, 0) is 4.74 Å². The van der Waals surface area contributed by atoms with Crippen LogP contribution in [0.3, 0.4) is 0 Å². The lowest BCUT2D eigenvalue weighted by molar-refractivity contribution is 0.0391. The van der Waals surface area contributed by atoms with Crippen molar-refractivity contribution in [1.82, 2.24) is 0 Å². The van der Waals surface area contributed by atoms with Gasteiger partial charge in [-0.05, 0) is 38.2 Å². The Morgan fingerprint density at radius 1 is 1.46 bits per heavy atom. The summed E-state index contributed by atoms with van der Waals surface area (Å²) in [5, 5.41) is 0. The van der Waals surface area contributed by atoms with E-state index in [2.05, 4.69) is 0 Å². The highest BCUT2D eigenvalue weighted by molar-refractivity contribution is 6.25. The van der Waals surface area contributed by atoms with E-state index in [1.807, 2.05) is 6.92 Å². The Morgan fingerprint density at radius 3 is 2.62 bits per heavy atom. The van der Waals surface area contributed by atoms with Crippen LogP contribution in [0, 0.1) is 0 Å². The van der Waals surface area contributed by atoms with Crippen LogP contribution < -0.4 is 5.73 Å². The summed E-state index contributed by atoms with van der Waals surface area (Å²) in [4.78, 5) is 0. The van der Waals surface area contributed by atoms with Crippen LogP contribution in [0.1, 0.15) is 32.6 Å². The zero-order valence-electron chi connectivity index (χ0n) is 8.13. The Balaban J connectivity index is 2.16. The molecule has 1 saturated carbocycles. The molecule has 2 N–H and O–H groups in total. The van der Waals surface area contributed by atoms with Gasteiger partial charge in [0.05, 0.1) is 12.7 Å². The second-order valence-electron chi connectivity index (χ2n) is 3.80. The van der Waals surface area contributed by atoms with Gasteiger partial charge >= 0.3 is 0 Å². The Kier molecular flexibility index (Phi) is 4.78. The first-order chi connectivity index (χ1) is 6.22. The first-order valence-corrected chi connectivity index (χ1v) is 5.29. The van der Waals surface area contributed by atoms with Crippen molar-refractivity contribution < 1.29 is 4.74 Å². The highest BCUT2D eigenvalue weighted by Gasteiger charge is 2.18. The van der Waals surface area contributed by atoms with Crippen LogP contribution in [0.15, 0.2) is 11.1 Å². The average molecular weight is 204 g/mol. The maximum absolute atomic E-state index is 5.79. The van der Waals surface area contributed by atoms with E-state index in [-0.39, 0.29) is 0 Å². The van der Waals surface area contributed by atoms with E-state index < -0.39 is 0 Å². The molecule has 1 fully saturated rings. The molecule has 0 aromatic carbocycles. The molecule has 1 rings (SSSR count). The van der Waals surface area contributed by atoms with Crippen LogP contribution in [0.5, 0.6) is 0 Å². The molecule has 1 aliphatic rings. The van der Waals surface area contributed by atoms with Gasteiger partial charge in [-0.1, -0.05) is 11.6 Å². The molecule has 0 aromatic heterocycles. The van der Waals surface area contributed by atoms with E-state index in [0.717, 1.165) is 31.3 Å². The molecular weight excluding hydrogens is 186 g/mol. The summed E-state index contributed by atoms with van der Waals surface area (Å²) in [6.45, 7) is 2.63. The van der Waals surface area contributed by atoms with Crippen molar-refractivity contribution >= 4 is 11.6 Å². The molecule has 0 unspecified atom stereocenters. The van der Waals surface area contributed by atoms with E-state index in [4.69, 9.17) is 22.1 Å². The van der Waals surface area contributed by atoms with Gasteiger partial charge in [0.1, 0.15) is 0 Å². The van der Waals surface area contributed by atoms with Gasteiger partial charge in [0, 0.05) is 11.6 Å². The molecule has 0 atom stereocenters. The lowest BCUT2D eigenvalue weighted by Gasteiger charge is -2.26. The molecule has 76 valence electrons. The number of hydrogen-bond donors (Lipinski definition) is 1. The summed E-state index contributed by atoms with van der Waals surface area (Å²) in [5.41, 5.74) is 8.45. The van der Waals surface area contributed by atoms with Crippen molar-refractivity contribution in [3.63, 3.8) is 0 Å². The minimum atomic E-state index is 0.393. The summed E-state index contributed by atoms with van der Waals surface area (Å²) in [5.74, 6) is 0. The van der Waals surface area contributed by atoms with Gasteiger partial charge in [0.2, 0.25) is 0 Å². The normalized spacial score (nSPS) is 30.5. The maximum atomic E-state index is 5.79. The topological polar surface area (TPSA) is 35.2 Å². The van der Waals surface area contributed by atoms with Crippen molar-refractivity contribution in [1.29, 1.82) is 0 Å². The van der Waals surface area contributed by atoms with Gasteiger partial charge < -0.3 is 10.5 Å². The van der Waals surface area contributed by atoms with Crippen LogP contribution in [-0.4, -0.2) is 18.8 Å². The largest absolute Gasteiger partial charge is 0.374 e. The van der Waals surface area contributed by atoms with E-state index >= 15 is 0 Å². The molecule has 0 heterocycles. The molecular formula is C10H18ClNO. The van der Waals surface area contributed by atoms with E-state index in [9.17, 15) is 0 Å². The summed E-state index contributed by atoms with van der Waals surface area (Å²) < 4.78 is 5.68. The van der Waals surface area contributed by atoms with Gasteiger partial charge in [-0.2, -0.15) is 0 Å². The summed E-state index contributed by atoms with van der Waals surface area (Å²) >= 11 is 5.53. The standard InChI is InChI=1S/C10H18ClNO/c1-8(6-11)7-13-10-4-2-9(12)3-5-10/h6,9-10H,2-5,7,12H2,1H3/b8-6+. The minimum Gasteiger partial charge on any atom is -0.374 e. The first kappa shape index (κ1) is 11.0. The highest BCUT2D eigenvalue weighted by Crippen LogP contribution is 2.20. The van der Waals surface area contributed by atoms with Crippen LogP contribution in [0.2, 0.25) is 0 Å². The molecule has 0 saturated heterocycles. The molecule has 1 aliphatic carbocycles. The highest BCUT2D eigenvalue weighted by atomic mass is 35.5. The molecule has 0 amide bonds. The molecule has 0 aromatic rings. The van der Waals surface area contributed by atoms with Gasteiger partial charge in [0.15, 0.2) is 0 Å². The predicted molar refractivity (Wildman–Crippen MR) is 55.8 cm³/mol. The first-order valence-electron chi connectivity index (χ1n) is 4.85.